The van der Waals surface area contributed by atoms with E-state index in [0.29, 0.717) is 11.6 Å². The summed E-state index contributed by atoms with van der Waals surface area (Å²) < 4.78 is 5.38. The molecule has 0 radical (unpaired) electrons. The van der Waals surface area contributed by atoms with Gasteiger partial charge in [-0.3, -0.25) is 4.79 Å². The number of anilines is 2. The van der Waals surface area contributed by atoms with Crippen LogP contribution in [0, 0.1) is 6.92 Å². The summed E-state index contributed by atoms with van der Waals surface area (Å²) in [5.41, 5.74) is 1.12. The number of piperidine rings is 1. The number of aryl methyl sites for hydroxylation is 1. The first-order chi connectivity index (χ1) is 11.2. The highest BCUT2D eigenvalue weighted by Gasteiger charge is 2.11. The molecule has 1 N–H and O–H groups in total. The van der Waals surface area contributed by atoms with Gasteiger partial charge in [-0.25, -0.2) is 4.98 Å². The number of rotatable bonds is 4. The van der Waals surface area contributed by atoms with Crippen LogP contribution in [0.2, 0.25) is 0 Å². The Morgan fingerprint density at radius 3 is 2.70 bits per heavy atom. The van der Waals surface area contributed by atoms with Crippen LogP contribution >= 0.6 is 0 Å². The summed E-state index contributed by atoms with van der Waals surface area (Å²) in [6, 6.07) is 7.53. The maximum atomic E-state index is 11.9. The number of hydrogen-bond acceptors (Lipinski definition) is 4. The molecule has 3 heterocycles. The second kappa shape index (κ2) is 7.13. The van der Waals surface area contributed by atoms with Gasteiger partial charge in [0.25, 0.3) is 0 Å². The number of nitrogens with one attached hydrogen (secondary N) is 1. The largest absolute Gasteiger partial charge is 0.462 e. The molecule has 5 heteroatoms. The number of pyridine rings is 1. The standard InChI is InChI=1S/C18H21N3O2/c1-14-5-7-16(23-14)8-10-18(22)20-17-9-6-15(13-19-17)21-11-3-2-4-12-21/h5-10,13H,2-4,11-12H2,1H3,(H,19,20,22). The monoisotopic (exact) mass is 311 g/mol. The van der Waals surface area contributed by atoms with Crippen molar-refractivity contribution < 1.29 is 9.21 Å². The molecule has 3 rings (SSSR count). The Balaban J connectivity index is 1.57. The van der Waals surface area contributed by atoms with Gasteiger partial charge < -0.3 is 14.6 Å². The fourth-order valence-corrected chi connectivity index (χ4v) is 2.67. The molecule has 23 heavy (non-hydrogen) atoms. The van der Waals surface area contributed by atoms with Crippen LogP contribution in [0.4, 0.5) is 11.5 Å². The van der Waals surface area contributed by atoms with E-state index in [4.69, 9.17) is 4.42 Å². The van der Waals surface area contributed by atoms with Gasteiger partial charge in [0.1, 0.15) is 17.3 Å². The molecule has 0 aliphatic carbocycles. The van der Waals surface area contributed by atoms with E-state index < -0.39 is 0 Å². The molecule has 0 spiro atoms. The molecule has 1 aliphatic heterocycles. The summed E-state index contributed by atoms with van der Waals surface area (Å²) >= 11 is 0. The van der Waals surface area contributed by atoms with E-state index >= 15 is 0 Å². The molecule has 5 nitrogen and oxygen atoms in total. The third-order valence-electron chi connectivity index (χ3n) is 3.88. The van der Waals surface area contributed by atoms with E-state index in [0.717, 1.165) is 24.5 Å². The van der Waals surface area contributed by atoms with Gasteiger partial charge in [0.15, 0.2) is 0 Å². The summed E-state index contributed by atoms with van der Waals surface area (Å²) in [5, 5.41) is 2.75. The zero-order valence-corrected chi connectivity index (χ0v) is 13.3. The maximum absolute atomic E-state index is 11.9. The molecule has 1 aliphatic rings. The minimum atomic E-state index is -0.225. The Kier molecular flexibility index (Phi) is 4.76. The molecule has 1 fully saturated rings. The van der Waals surface area contributed by atoms with Crippen molar-refractivity contribution in [3.8, 4) is 0 Å². The number of aromatic nitrogens is 1. The molecule has 0 aromatic carbocycles. The average Bonchev–Trinajstić information content (AvgIpc) is 3.00. The topological polar surface area (TPSA) is 58.4 Å². The molecule has 1 amide bonds. The Labute approximate surface area is 136 Å². The number of hydrogen-bond donors (Lipinski definition) is 1. The highest BCUT2D eigenvalue weighted by atomic mass is 16.3. The predicted octanol–water partition coefficient (Wildman–Crippen LogP) is 3.63. The Bertz CT molecular complexity index is 683. The molecule has 0 saturated carbocycles. The first kappa shape index (κ1) is 15.3. The number of carbonyl (C=O) groups excluding carboxylic acids is 1. The van der Waals surface area contributed by atoms with E-state index in [1.54, 1.807) is 6.08 Å². The Morgan fingerprint density at radius 1 is 1.22 bits per heavy atom. The summed E-state index contributed by atoms with van der Waals surface area (Å²) in [7, 11) is 0. The lowest BCUT2D eigenvalue weighted by Crippen LogP contribution is -2.29. The van der Waals surface area contributed by atoms with Crippen LogP contribution in [-0.4, -0.2) is 24.0 Å². The highest BCUT2D eigenvalue weighted by molar-refractivity contribution is 6.01. The number of nitrogens with zero attached hydrogens (tertiary/aromatic N) is 2. The van der Waals surface area contributed by atoms with Gasteiger partial charge in [-0.15, -0.1) is 0 Å². The molecule has 1 saturated heterocycles. The fourth-order valence-electron chi connectivity index (χ4n) is 2.67. The predicted molar refractivity (Wildman–Crippen MR) is 91.4 cm³/mol. The lowest BCUT2D eigenvalue weighted by molar-refractivity contribution is -0.111. The van der Waals surface area contributed by atoms with Gasteiger partial charge in [-0.05, 0) is 56.5 Å². The zero-order chi connectivity index (χ0) is 16.1. The van der Waals surface area contributed by atoms with Crippen LogP contribution in [0.1, 0.15) is 30.8 Å². The average molecular weight is 311 g/mol. The summed E-state index contributed by atoms with van der Waals surface area (Å²) in [5.74, 6) is 1.80. The van der Waals surface area contributed by atoms with E-state index in [9.17, 15) is 4.79 Å². The Morgan fingerprint density at radius 2 is 2.04 bits per heavy atom. The molecule has 2 aromatic heterocycles. The highest BCUT2D eigenvalue weighted by Crippen LogP contribution is 2.20. The fraction of sp³-hybridized carbons (Fsp3) is 0.333. The van der Waals surface area contributed by atoms with Crippen molar-refractivity contribution in [2.24, 2.45) is 0 Å². The van der Waals surface area contributed by atoms with Crippen molar-refractivity contribution in [2.75, 3.05) is 23.3 Å². The van der Waals surface area contributed by atoms with Crippen molar-refractivity contribution >= 4 is 23.5 Å². The molecule has 2 aromatic rings. The van der Waals surface area contributed by atoms with Gasteiger partial charge >= 0.3 is 0 Å². The molecule has 120 valence electrons. The van der Waals surface area contributed by atoms with Crippen LogP contribution in [0.5, 0.6) is 0 Å². The number of amides is 1. The summed E-state index contributed by atoms with van der Waals surface area (Å²) in [6.07, 6.45) is 8.67. The lowest BCUT2D eigenvalue weighted by Gasteiger charge is -2.28. The first-order valence-corrected chi connectivity index (χ1v) is 7.97. The third kappa shape index (κ3) is 4.22. The van der Waals surface area contributed by atoms with E-state index in [2.05, 4.69) is 15.2 Å². The maximum Gasteiger partial charge on any atom is 0.249 e. The second-order valence-electron chi connectivity index (χ2n) is 5.72. The zero-order valence-electron chi connectivity index (χ0n) is 13.3. The number of carbonyl (C=O) groups is 1. The minimum Gasteiger partial charge on any atom is -0.462 e. The van der Waals surface area contributed by atoms with Crippen molar-refractivity contribution in [1.29, 1.82) is 0 Å². The molecular formula is C18H21N3O2. The first-order valence-electron chi connectivity index (χ1n) is 7.97. The van der Waals surface area contributed by atoms with Gasteiger partial charge in [-0.1, -0.05) is 0 Å². The number of furan rings is 1. The smallest absolute Gasteiger partial charge is 0.249 e. The molecular weight excluding hydrogens is 290 g/mol. The van der Waals surface area contributed by atoms with Gasteiger partial charge in [0.2, 0.25) is 5.91 Å². The SMILES string of the molecule is Cc1ccc(C=CC(=O)Nc2ccc(N3CCCCC3)cn2)o1. The van der Waals surface area contributed by atoms with Crippen LogP contribution in [0.3, 0.4) is 0 Å². The minimum absolute atomic E-state index is 0.225. The second-order valence-corrected chi connectivity index (χ2v) is 5.72. The quantitative estimate of drug-likeness (QED) is 0.876. The van der Waals surface area contributed by atoms with Gasteiger partial charge in [0, 0.05) is 19.2 Å². The van der Waals surface area contributed by atoms with Crippen molar-refractivity contribution in [2.45, 2.75) is 26.2 Å². The lowest BCUT2D eigenvalue weighted by atomic mass is 10.1. The summed E-state index contributed by atoms with van der Waals surface area (Å²) in [4.78, 5) is 18.5. The molecule has 0 bridgehead atoms. The third-order valence-corrected chi connectivity index (χ3v) is 3.88. The van der Waals surface area contributed by atoms with Crippen LogP contribution < -0.4 is 10.2 Å². The van der Waals surface area contributed by atoms with E-state index in [1.807, 2.05) is 37.4 Å². The normalized spacial score (nSPS) is 15.1. The van der Waals surface area contributed by atoms with Gasteiger partial charge in [0.05, 0.1) is 11.9 Å². The van der Waals surface area contributed by atoms with E-state index in [-0.39, 0.29) is 5.91 Å². The van der Waals surface area contributed by atoms with Gasteiger partial charge in [-0.2, -0.15) is 0 Å². The molecule has 0 atom stereocenters. The van der Waals surface area contributed by atoms with E-state index in [1.165, 1.54) is 25.3 Å². The van der Waals surface area contributed by atoms with Crippen LogP contribution in [0.15, 0.2) is 41.0 Å². The van der Waals surface area contributed by atoms with Crippen LogP contribution in [0.25, 0.3) is 6.08 Å². The van der Waals surface area contributed by atoms with Crippen molar-refractivity contribution in [1.82, 2.24) is 4.98 Å². The molecule has 0 unspecified atom stereocenters. The Hall–Kier alpha value is -2.56. The van der Waals surface area contributed by atoms with Crippen molar-refractivity contribution in [3.05, 3.63) is 48.1 Å². The summed E-state index contributed by atoms with van der Waals surface area (Å²) in [6.45, 7) is 4.03. The van der Waals surface area contributed by atoms with Crippen LogP contribution in [-0.2, 0) is 4.79 Å². The van der Waals surface area contributed by atoms with Crippen molar-refractivity contribution in [3.63, 3.8) is 0 Å².